The molecule has 3 aromatic rings. The Bertz CT molecular complexity index is 1120. The summed E-state index contributed by atoms with van der Waals surface area (Å²) in [5.74, 6) is -0.177. The summed E-state index contributed by atoms with van der Waals surface area (Å²) >= 11 is 18.8. The predicted molar refractivity (Wildman–Crippen MR) is 138 cm³/mol. The number of hydrogen-bond acceptors (Lipinski definition) is 4. The maximum atomic E-state index is 12.1. The van der Waals surface area contributed by atoms with Gasteiger partial charge in [0.2, 0.25) is 0 Å². The van der Waals surface area contributed by atoms with Crippen molar-refractivity contribution in [2.24, 2.45) is 0 Å². The van der Waals surface area contributed by atoms with E-state index >= 15 is 0 Å². The lowest BCUT2D eigenvalue weighted by Crippen LogP contribution is -2.49. The highest BCUT2D eigenvalue weighted by Crippen LogP contribution is 2.36. The number of anilines is 1. The highest BCUT2D eigenvalue weighted by atomic mass is 35.5. The van der Waals surface area contributed by atoms with Crippen LogP contribution in [0.25, 0.3) is 0 Å². The summed E-state index contributed by atoms with van der Waals surface area (Å²) in [6, 6.07) is 15.5. The smallest absolute Gasteiger partial charge is 0.252 e. The lowest BCUT2D eigenvalue weighted by atomic mass is 10.0. The third-order valence-corrected chi connectivity index (χ3v) is 6.81. The Morgan fingerprint density at radius 3 is 2.50 bits per heavy atom. The van der Waals surface area contributed by atoms with Gasteiger partial charge >= 0.3 is 0 Å². The number of aliphatic hydroxyl groups is 1. The Morgan fingerprint density at radius 1 is 1.00 bits per heavy atom. The molecule has 1 amide bonds. The molecule has 2 heterocycles. The Labute approximate surface area is 214 Å². The maximum Gasteiger partial charge on any atom is 0.252 e. The third-order valence-electron chi connectivity index (χ3n) is 6.02. The van der Waals surface area contributed by atoms with Gasteiger partial charge in [-0.25, -0.2) is 0 Å². The summed E-state index contributed by atoms with van der Waals surface area (Å²) in [7, 11) is 0. The molecule has 0 unspecified atom stereocenters. The van der Waals surface area contributed by atoms with Crippen molar-refractivity contribution in [2.75, 3.05) is 44.2 Å². The van der Waals surface area contributed by atoms with Crippen LogP contribution in [-0.2, 0) is 6.54 Å². The van der Waals surface area contributed by atoms with E-state index in [9.17, 15) is 4.79 Å². The van der Waals surface area contributed by atoms with Crippen molar-refractivity contribution in [1.29, 1.82) is 0 Å². The monoisotopic (exact) mass is 520 g/mol. The summed E-state index contributed by atoms with van der Waals surface area (Å²) in [6.45, 7) is 4.31. The second kappa shape index (κ2) is 11.5. The van der Waals surface area contributed by atoms with Gasteiger partial charge in [-0.15, -0.1) is 0 Å². The fraction of sp³-hybridized carbons (Fsp3) is 0.320. The fourth-order valence-corrected chi connectivity index (χ4v) is 4.90. The first-order valence-electron chi connectivity index (χ1n) is 11.2. The van der Waals surface area contributed by atoms with Crippen LogP contribution in [0.2, 0.25) is 15.1 Å². The average Bonchev–Trinajstić information content (AvgIpc) is 3.31. The largest absolute Gasteiger partial charge is 0.395 e. The van der Waals surface area contributed by atoms with Crippen LogP contribution < -0.4 is 10.2 Å². The molecule has 0 bridgehead atoms. The lowest BCUT2D eigenvalue weighted by Gasteiger charge is -2.43. The van der Waals surface area contributed by atoms with Crippen LogP contribution in [0.5, 0.6) is 0 Å². The molecule has 1 aliphatic rings. The number of amides is 1. The van der Waals surface area contributed by atoms with E-state index in [1.807, 2.05) is 41.2 Å². The quantitative estimate of drug-likeness (QED) is 0.450. The molecule has 180 valence electrons. The van der Waals surface area contributed by atoms with Gasteiger partial charge < -0.3 is 19.9 Å². The molecule has 0 spiro atoms. The number of carbonyl (C=O) groups is 1. The van der Waals surface area contributed by atoms with E-state index in [0.717, 1.165) is 38.4 Å². The molecular weight excluding hydrogens is 495 g/mol. The third kappa shape index (κ3) is 6.06. The van der Waals surface area contributed by atoms with Crippen molar-refractivity contribution >= 4 is 46.4 Å². The molecule has 2 N–H and O–H groups in total. The average molecular weight is 522 g/mol. The van der Waals surface area contributed by atoms with Crippen LogP contribution in [-0.4, -0.2) is 59.8 Å². The van der Waals surface area contributed by atoms with E-state index < -0.39 is 0 Å². The topological polar surface area (TPSA) is 60.7 Å². The number of carbonyl (C=O) groups excluding carboxylic acids is 1. The number of benzene rings is 2. The summed E-state index contributed by atoms with van der Waals surface area (Å²) in [6.07, 6.45) is 3.75. The first-order valence-corrected chi connectivity index (χ1v) is 12.3. The summed E-state index contributed by atoms with van der Waals surface area (Å²) in [4.78, 5) is 16.8. The Kier molecular flexibility index (Phi) is 8.40. The summed E-state index contributed by atoms with van der Waals surface area (Å²) in [5.41, 5.74) is 2.73. The van der Waals surface area contributed by atoms with Gasteiger partial charge in [0.25, 0.3) is 5.91 Å². The molecule has 6 nitrogen and oxygen atoms in total. The van der Waals surface area contributed by atoms with Gasteiger partial charge in [-0.05, 0) is 42.0 Å². The van der Waals surface area contributed by atoms with Crippen LogP contribution >= 0.6 is 34.8 Å². The minimum absolute atomic E-state index is 0.0750. The first kappa shape index (κ1) is 24.9. The Morgan fingerprint density at radius 2 is 1.76 bits per heavy atom. The molecule has 4 rings (SSSR count). The van der Waals surface area contributed by atoms with Gasteiger partial charge in [0.05, 0.1) is 28.9 Å². The van der Waals surface area contributed by atoms with E-state index in [2.05, 4.69) is 27.2 Å². The number of nitrogens with zero attached hydrogens (tertiary/aromatic N) is 3. The zero-order valence-electron chi connectivity index (χ0n) is 18.6. The van der Waals surface area contributed by atoms with Crippen LogP contribution in [0.15, 0.2) is 60.9 Å². The maximum absolute atomic E-state index is 12.1. The number of halogens is 3. The van der Waals surface area contributed by atoms with Crippen molar-refractivity contribution in [3.8, 4) is 0 Å². The second-order valence-electron chi connectivity index (χ2n) is 8.27. The van der Waals surface area contributed by atoms with Crippen LogP contribution in [0.1, 0.15) is 22.0 Å². The second-order valence-corrected chi connectivity index (χ2v) is 9.55. The molecule has 1 fully saturated rings. The molecule has 1 aromatic heterocycles. The van der Waals surface area contributed by atoms with E-state index in [1.165, 1.54) is 5.56 Å². The standard InChI is InChI=1S/C25H27Cl3N4O2/c26-20-3-1-18(2-4-20)24-17-31(12-13-32(24)23-6-5-21(27)15-22(23)28)11-10-30-9-7-19(16-30)25(34)29-8-14-33/h1-7,9,15-16,24,33H,8,10-14,17H2,(H,29,34)/t24-/m0/s1. The molecule has 2 aromatic carbocycles. The number of aromatic nitrogens is 1. The molecular formula is C25H27Cl3N4O2. The van der Waals surface area contributed by atoms with Crippen LogP contribution in [0, 0.1) is 0 Å². The number of rotatable bonds is 8. The zero-order chi connectivity index (χ0) is 24.1. The molecule has 1 atom stereocenters. The number of hydrogen-bond donors (Lipinski definition) is 2. The van der Waals surface area contributed by atoms with Gasteiger partial charge in [0, 0.05) is 61.7 Å². The molecule has 0 aliphatic carbocycles. The van der Waals surface area contributed by atoms with Crippen molar-refractivity contribution in [3.05, 3.63) is 87.1 Å². The van der Waals surface area contributed by atoms with Crippen molar-refractivity contribution < 1.29 is 9.90 Å². The number of nitrogens with one attached hydrogen (secondary N) is 1. The minimum atomic E-state index is -0.177. The van der Waals surface area contributed by atoms with E-state index in [1.54, 1.807) is 12.1 Å². The minimum Gasteiger partial charge on any atom is -0.395 e. The summed E-state index contributed by atoms with van der Waals surface area (Å²) in [5, 5.41) is 13.5. The van der Waals surface area contributed by atoms with Gasteiger partial charge in [-0.3, -0.25) is 9.69 Å². The van der Waals surface area contributed by atoms with E-state index in [-0.39, 0.29) is 25.1 Å². The molecule has 1 saturated heterocycles. The summed E-state index contributed by atoms with van der Waals surface area (Å²) < 4.78 is 2.02. The first-order chi connectivity index (χ1) is 16.4. The van der Waals surface area contributed by atoms with Crippen LogP contribution in [0.4, 0.5) is 5.69 Å². The van der Waals surface area contributed by atoms with Crippen molar-refractivity contribution in [3.63, 3.8) is 0 Å². The fourth-order valence-electron chi connectivity index (χ4n) is 4.26. The molecule has 9 heteroatoms. The molecule has 34 heavy (non-hydrogen) atoms. The molecule has 0 radical (unpaired) electrons. The normalized spacial score (nSPS) is 16.6. The molecule has 1 aliphatic heterocycles. The predicted octanol–water partition coefficient (Wildman–Crippen LogP) is 4.73. The SMILES string of the molecule is O=C(NCCO)c1ccn(CCN2CCN(c3ccc(Cl)cc3Cl)[C@H](c3ccc(Cl)cc3)C2)c1. The van der Waals surface area contributed by atoms with Gasteiger partial charge in [-0.1, -0.05) is 46.9 Å². The highest BCUT2D eigenvalue weighted by Gasteiger charge is 2.29. The van der Waals surface area contributed by atoms with Crippen molar-refractivity contribution in [2.45, 2.75) is 12.6 Å². The van der Waals surface area contributed by atoms with Gasteiger partial charge in [-0.2, -0.15) is 0 Å². The van der Waals surface area contributed by atoms with Crippen molar-refractivity contribution in [1.82, 2.24) is 14.8 Å². The zero-order valence-corrected chi connectivity index (χ0v) is 20.9. The Balaban J connectivity index is 1.46. The lowest BCUT2D eigenvalue weighted by molar-refractivity contribution is 0.0944. The van der Waals surface area contributed by atoms with E-state index in [0.29, 0.717) is 20.6 Å². The van der Waals surface area contributed by atoms with Gasteiger partial charge in [0.1, 0.15) is 0 Å². The van der Waals surface area contributed by atoms with Crippen LogP contribution in [0.3, 0.4) is 0 Å². The number of piperazine rings is 1. The van der Waals surface area contributed by atoms with Gasteiger partial charge in [0.15, 0.2) is 0 Å². The Hall–Kier alpha value is -2.22. The molecule has 0 saturated carbocycles. The highest BCUT2D eigenvalue weighted by molar-refractivity contribution is 6.36. The number of aliphatic hydroxyl groups excluding tert-OH is 1. The van der Waals surface area contributed by atoms with E-state index in [4.69, 9.17) is 39.9 Å².